The van der Waals surface area contributed by atoms with Crippen molar-refractivity contribution in [3.63, 3.8) is 0 Å². The first-order chi connectivity index (χ1) is 7.22. The minimum atomic E-state index is 0.0173. The second kappa shape index (κ2) is 7.65. The maximum absolute atomic E-state index is 11.2. The molecule has 0 unspecified atom stereocenters. The molecule has 1 heterocycles. The Balaban J connectivity index is 0.000000921. The van der Waals surface area contributed by atoms with E-state index in [0.29, 0.717) is 32.7 Å². The molecule has 0 spiro atoms. The van der Waals surface area contributed by atoms with Crippen LogP contribution in [0.5, 0.6) is 0 Å². The van der Waals surface area contributed by atoms with Crippen LogP contribution in [-0.2, 0) is 9.53 Å². The number of nitrogens with two attached hydrogens (primary N) is 1. The second-order valence-electron chi connectivity index (χ2n) is 3.72. The zero-order chi connectivity index (χ0) is 11.7. The van der Waals surface area contributed by atoms with Crippen molar-refractivity contribution >= 4 is 5.91 Å². The molecule has 0 aromatic carbocycles. The fourth-order valence-corrected chi connectivity index (χ4v) is 1.28. The van der Waals surface area contributed by atoms with E-state index in [1.807, 2.05) is 20.8 Å². The molecule has 15 heavy (non-hydrogen) atoms. The molecular weight excluding hydrogens is 192 g/mol. The average molecular weight is 216 g/mol. The van der Waals surface area contributed by atoms with Gasteiger partial charge in [0.2, 0.25) is 5.91 Å². The molecule has 4 heteroatoms. The van der Waals surface area contributed by atoms with Gasteiger partial charge in [-0.2, -0.15) is 0 Å². The third-order valence-corrected chi connectivity index (χ3v) is 2.39. The Hall–Kier alpha value is -0.610. The van der Waals surface area contributed by atoms with Gasteiger partial charge >= 0.3 is 0 Å². The molecule has 0 radical (unpaired) electrons. The number of hydrogen-bond donors (Lipinski definition) is 2. The molecule has 4 nitrogen and oxygen atoms in total. The van der Waals surface area contributed by atoms with Gasteiger partial charge in [-0.3, -0.25) is 4.79 Å². The Morgan fingerprint density at radius 2 is 2.07 bits per heavy atom. The molecule has 0 saturated carbocycles. The van der Waals surface area contributed by atoms with Gasteiger partial charge in [-0.1, -0.05) is 20.8 Å². The Bertz CT molecular complexity index is 174. The zero-order valence-electron chi connectivity index (χ0n) is 10.1. The summed E-state index contributed by atoms with van der Waals surface area (Å²) in [6, 6.07) is 0. The summed E-state index contributed by atoms with van der Waals surface area (Å²) in [5, 5.41) is 2.88. The standard InChI is InChI=1S/C9H18N2O2.C2H6/c1-2-3-8(12)11-5-9(4-10)6-13-7-9;1-2/h2-7,10H2,1H3,(H,11,12);1-2H3. The van der Waals surface area contributed by atoms with E-state index in [1.165, 1.54) is 0 Å². The van der Waals surface area contributed by atoms with Gasteiger partial charge in [0, 0.05) is 24.9 Å². The van der Waals surface area contributed by atoms with Crippen molar-refractivity contribution in [3.8, 4) is 0 Å². The number of rotatable bonds is 5. The van der Waals surface area contributed by atoms with E-state index in [1.54, 1.807) is 0 Å². The van der Waals surface area contributed by atoms with Crippen LogP contribution in [0.4, 0.5) is 0 Å². The summed E-state index contributed by atoms with van der Waals surface area (Å²) in [7, 11) is 0. The Morgan fingerprint density at radius 3 is 2.40 bits per heavy atom. The normalized spacial score (nSPS) is 17.1. The van der Waals surface area contributed by atoms with Crippen LogP contribution in [0.1, 0.15) is 33.6 Å². The molecular formula is C11H24N2O2. The summed E-state index contributed by atoms with van der Waals surface area (Å²) in [4.78, 5) is 11.2. The van der Waals surface area contributed by atoms with E-state index in [-0.39, 0.29) is 11.3 Å². The Morgan fingerprint density at radius 1 is 1.47 bits per heavy atom. The van der Waals surface area contributed by atoms with Crippen LogP contribution in [0.2, 0.25) is 0 Å². The number of carbonyl (C=O) groups is 1. The third kappa shape index (κ3) is 4.62. The van der Waals surface area contributed by atoms with Crippen molar-refractivity contribution in [1.82, 2.24) is 5.32 Å². The minimum Gasteiger partial charge on any atom is -0.380 e. The van der Waals surface area contributed by atoms with E-state index in [4.69, 9.17) is 10.5 Å². The van der Waals surface area contributed by atoms with E-state index in [0.717, 1.165) is 6.42 Å². The highest BCUT2D eigenvalue weighted by Crippen LogP contribution is 2.24. The number of amides is 1. The van der Waals surface area contributed by atoms with Gasteiger partial charge in [-0.25, -0.2) is 0 Å². The van der Waals surface area contributed by atoms with E-state index in [2.05, 4.69) is 5.32 Å². The summed E-state index contributed by atoms with van der Waals surface area (Å²) in [5.74, 6) is 0.113. The van der Waals surface area contributed by atoms with E-state index < -0.39 is 0 Å². The molecule has 3 N–H and O–H groups in total. The number of ether oxygens (including phenoxy) is 1. The van der Waals surface area contributed by atoms with Crippen LogP contribution < -0.4 is 11.1 Å². The summed E-state index contributed by atoms with van der Waals surface area (Å²) < 4.78 is 5.09. The van der Waals surface area contributed by atoms with E-state index in [9.17, 15) is 4.79 Å². The molecule has 0 aromatic rings. The van der Waals surface area contributed by atoms with Gasteiger partial charge < -0.3 is 15.8 Å². The average Bonchev–Trinajstić information content (AvgIpc) is 2.20. The first-order valence-corrected chi connectivity index (χ1v) is 5.77. The van der Waals surface area contributed by atoms with E-state index >= 15 is 0 Å². The highest BCUT2D eigenvalue weighted by Gasteiger charge is 2.37. The maximum Gasteiger partial charge on any atom is 0.220 e. The molecule has 0 bridgehead atoms. The highest BCUT2D eigenvalue weighted by atomic mass is 16.5. The highest BCUT2D eigenvalue weighted by molar-refractivity contribution is 5.75. The molecule has 1 aliphatic rings. The van der Waals surface area contributed by atoms with Crippen molar-refractivity contribution < 1.29 is 9.53 Å². The van der Waals surface area contributed by atoms with Gasteiger partial charge in [0.15, 0.2) is 0 Å². The molecule has 0 aromatic heterocycles. The van der Waals surface area contributed by atoms with Gasteiger partial charge in [-0.05, 0) is 6.42 Å². The SMILES string of the molecule is CC.CCCC(=O)NCC1(CN)COC1. The monoisotopic (exact) mass is 216 g/mol. The number of nitrogens with one attached hydrogen (secondary N) is 1. The van der Waals surface area contributed by atoms with Gasteiger partial charge in [0.1, 0.15) is 0 Å². The molecule has 1 saturated heterocycles. The van der Waals surface area contributed by atoms with Gasteiger partial charge in [0.05, 0.1) is 13.2 Å². The van der Waals surface area contributed by atoms with Crippen LogP contribution in [0, 0.1) is 5.41 Å². The predicted molar refractivity (Wildman–Crippen MR) is 61.6 cm³/mol. The van der Waals surface area contributed by atoms with Crippen molar-refractivity contribution in [2.24, 2.45) is 11.1 Å². The minimum absolute atomic E-state index is 0.0173. The lowest BCUT2D eigenvalue weighted by molar-refractivity contribution is -0.127. The third-order valence-electron chi connectivity index (χ3n) is 2.39. The van der Waals surface area contributed by atoms with Crippen LogP contribution in [0.3, 0.4) is 0 Å². The lowest BCUT2D eigenvalue weighted by Crippen LogP contribution is -2.55. The fraction of sp³-hybridized carbons (Fsp3) is 0.909. The summed E-state index contributed by atoms with van der Waals surface area (Å²) in [5.41, 5.74) is 5.61. The molecule has 1 fully saturated rings. The van der Waals surface area contributed by atoms with Crippen molar-refractivity contribution in [2.75, 3.05) is 26.3 Å². The summed E-state index contributed by atoms with van der Waals surface area (Å²) >= 11 is 0. The molecule has 0 aliphatic carbocycles. The smallest absolute Gasteiger partial charge is 0.220 e. The lowest BCUT2D eigenvalue weighted by atomic mass is 9.86. The summed E-state index contributed by atoms with van der Waals surface area (Å²) in [6.45, 7) is 8.58. The zero-order valence-corrected chi connectivity index (χ0v) is 10.1. The quantitative estimate of drug-likeness (QED) is 0.718. The Kier molecular flexibility index (Phi) is 7.34. The number of carbonyl (C=O) groups excluding carboxylic acids is 1. The summed E-state index contributed by atoms with van der Waals surface area (Å²) in [6.07, 6.45) is 1.49. The molecule has 90 valence electrons. The predicted octanol–water partition coefficient (Wildman–Crippen LogP) is 0.904. The first-order valence-electron chi connectivity index (χ1n) is 5.77. The molecule has 1 rings (SSSR count). The van der Waals surface area contributed by atoms with Crippen molar-refractivity contribution in [3.05, 3.63) is 0 Å². The van der Waals surface area contributed by atoms with Gasteiger partial charge in [-0.15, -0.1) is 0 Å². The lowest BCUT2D eigenvalue weighted by Gasteiger charge is -2.40. The van der Waals surface area contributed by atoms with Crippen molar-refractivity contribution in [1.29, 1.82) is 0 Å². The second-order valence-corrected chi connectivity index (χ2v) is 3.72. The van der Waals surface area contributed by atoms with Crippen LogP contribution in [0.25, 0.3) is 0 Å². The largest absolute Gasteiger partial charge is 0.380 e. The van der Waals surface area contributed by atoms with Crippen LogP contribution >= 0.6 is 0 Å². The number of hydrogen-bond acceptors (Lipinski definition) is 3. The fourth-order valence-electron chi connectivity index (χ4n) is 1.28. The molecule has 1 amide bonds. The van der Waals surface area contributed by atoms with Crippen LogP contribution in [0.15, 0.2) is 0 Å². The maximum atomic E-state index is 11.2. The first kappa shape index (κ1) is 14.4. The molecule has 0 atom stereocenters. The molecule has 1 aliphatic heterocycles. The van der Waals surface area contributed by atoms with Crippen LogP contribution in [-0.4, -0.2) is 32.2 Å². The van der Waals surface area contributed by atoms with Crippen molar-refractivity contribution in [2.45, 2.75) is 33.6 Å². The topological polar surface area (TPSA) is 64.4 Å². The van der Waals surface area contributed by atoms with Gasteiger partial charge in [0.25, 0.3) is 0 Å². The Labute approximate surface area is 92.6 Å².